The van der Waals surface area contributed by atoms with Crippen molar-refractivity contribution in [3.8, 4) is 34.8 Å². The number of nitrogens with zero attached hydrogens (tertiary/aromatic N) is 1. The molecule has 0 unspecified atom stereocenters. The molecule has 0 aliphatic carbocycles. The van der Waals surface area contributed by atoms with Gasteiger partial charge in [0, 0.05) is 23.1 Å². The third-order valence-electron chi connectivity index (χ3n) is 5.92. The molecule has 174 valence electrons. The molecular weight excluding hydrogens is 434 g/mol. The van der Waals surface area contributed by atoms with Gasteiger partial charge in [-0.15, -0.1) is 0 Å². The fourth-order valence-electron chi connectivity index (χ4n) is 4.26. The summed E-state index contributed by atoms with van der Waals surface area (Å²) in [5, 5.41) is 20.6. The second kappa shape index (κ2) is 9.28. The van der Waals surface area contributed by atoms with Gasteiger partial charge in [0.15, 0.2) is 28.6 Å². The van der Waals surface area contributed by atoms with Crippen LogP contribution in [0, 0.1) is 11.3 Å². The van der Waals surface area contributed by atoms with Crippen LogP contribution in [0.15, 0.2) is 66.2 Å². The van der Waals surface area contributed by atoms with E-state index >= 15 is 0 Å². The van der Waals surface area contributed by atoms with Crippen molar-refractivity contribution in [1.82, 2.24) is 0 Å². The average Bonchev–Trinajstić information content (AvgIpc) is 3.29. The topological polar surface area (TPSA) is 90.2 Å². The molecule has 34 heavy (non-hydrogen) atoms. The minimum atomic E-state index is -1.15. The number of phenolic OH excluding ortho intramolecular Hbond substituents is 1. The zero-order valence-corrected chi connectivity index (χ0v) is 19.4. The normalized spacial score (nSPS) is 17.0. The first-order chi connectivity index (χ1) is 16.5. The highest BCUT2D eigenvalue weighted by molar-refractivity contribution is 5.72. The molecule has 7 heteroatoms. The molecule has 0 saturated heterocycles. The van der Waals surface area contributed by atoms with Crippen LogP contribution >= 0.6 is 0 Å². The molecule has 0 saturated carbocycles. The number of hydrogen-bond donors (Lipinski definition) is 1. The zero-order chi connectivity index (χ0) is 24.3. The van der Waals surface area contributed by atoms with Crippen LogP contribution in [0.3, 0.4) is 0 Å². The Morgan fingerprint density at radius 3 is 2.00 bits per heavy atom. The smallest absolute Gasteiger partial charge is 0.203 e. The third-order valence-corrected chi connectivity index (χ3v) is 5.92. The van der Waals surface area contributed by atoms with E-state index in [0.717, 1.165) is 5.56 Å². The Hall–Kier alpha value is -4.31. The predicted molar refractivity (Wildman–Crippen MR) is 126 cm³/mol. The van der Waals surface area contributed by atoms with E-state index < -0.39 is 5.60 Å². The number of hydrogen-bond acceptors (Lipinski definition) is 7. The maximum Gasteiger partial charge on any atom is 0.203 e. The van der Waals surface area contributed by atoms with Crippen LogP contribution in [0.2, 0.25) is 0 Å². The minimum Gasteiger partial charge on any atom is -0.504 e. The zero-order valence-electron chi connectivity index (χ0n) is 19.4. The van der Waals surface area contributed by atoms with Crippen molar-refractivity contribution < 1.29 is 28.8 Å². The molecule has 0 amide bonds. The van der Waals surface area contributed by atoms with E-state index in [1.807, 2.05) is 36.4 Å². The number of ether oxygens (including phenoxy) is 5. The third kappa shape index (κ3) is 3.73. The van der Waals surface area contributed by atoms with Crippen molar-refractivity contribution in [3.63, 3.8) is 0 Å². The average molecular weight is 459 g/mol. The number of nitriles is 1. The summed E-state index contributed by atoms with van der Waals surface area (Å²) in [6, 6.07) is 20.4. The molecule has 3 aromatic carbocycles. The molecule has 4 rings (SSSR count). The molecule has 3 aromatic rings. The first kappa shape index (κ1) is 22.9. The largest absolute Gasteiger partial charge is 0.504 e. The van der Waals surface area contributed by atoms with Crippen LogP contribution in [-0.4, -0.2) is 33.5 Å². The van der Waals surface area contributed by atoms with E-state index in [1.165, 1.54) is 28.4 Å². The second-order valence-corrected chi connectivity index (χ2v) is 7.69. The van der Waals surface area contributed by atoms with Gasteiger partial charge >= 0.3 is 0 Å². The summed E-state index contributed by atoms with van der Waals surface area (Å²) in [4.78, 5) is 0. The Morgan fingerprint density at radius 1 is 0.824 bits per heavy atom. The minimum absolute atomic E-state index is 0.0397. The van der Waals surface area contributed by atoms with Gasteiger partial charge in [0.2, 0.25) is 5.75 Å². The summed E-state index contributed by atoms with van der Waals surface area (Å²) in [6.07, 6.45) is 0.234. The summed E-state index contributed by atoms with van der Waals surface area (Å²) in [6.45, 7) is 0. The molecule has 1 N–H and O–H groups in total. The fourth-order valence-corrected chi connectivity index (χ4v) is 4.26. The van der Waals surface area contributed by atoms with E-state index in [2.05, 4.69) is 6.07 Å². The second-order valence-electron chi connectivity index (χ2n) is 7.69. The van der Waals surface area contributed by atoms with Gasteiger partial charge in [-0.05, 0) is 24.3 Å². The number of methoxy groups -OCH3 is 4. The molecule has 1 heterocycles. The summed E-state index contributed by atoms with van der Waals surface area (Å²) in [7, 11) is 6.10. The van der Waals surface area contributed by atoms with Crippen molar-refractivity contribution in [1.29, 1.82) is 5.26 Å². The SMILES string of the molecule is COc1ccc([C@@]2(c3cc(OC)c(OC)c(OC)c3)CC(C#N)=C(c3ccccc3)O2)cc1O. The van der Waals surface area contributed by atoms with Crippen molar-refractivity contribution >= 4 is 5.76 Å². The van der Waals surface area contributed by atoms with E-state index in [-0.39, 0.29) is 12.2 Å². The quantitative estimate of drug-likeness (QED) is 0.530. The number of aromatic hydroxyl groups is 1. The standard InChI is InChI=1S/C27H25NO6/c1-30-22-11-10-19(12-21(22)29)27(20-13-23(31-2)26(33-4)24(14-20)32-3)15-18(16-28)25(34-27)17-8-6-5-7-9-17/h5-14,29H,15H2,1-4H3/t27-/m1/s1. The predicted octanol–water partition coefficient (Wildman–Crippen LogP) is 5.03. The van der Waals surface area contributed by atoms with Crippen molar-refractivity contribution in [2.45, 2.75) is 12.0 Å². The summed E-state index contributed by atoms with van der Waals surface area (Å²) in [5.41, 5.74) is 1.43. The van der Waals surface area contributed by atoms with Gasteiger partial charge in [-0.25, -0.2) is 0 Å². The van der Waals surface area contributed by atoms with Crippen LogP contribution in [0.5, 0.6) is 28.7 Å². The van der Waals surface area contributed by atoms with E-state index in [9.17, 15) is 10.4 Å². The summed E-state index contributed by atoms with van der Waals surface area (Å²) < 4.78 is 28.5. The Kier molecular flexibility index (Phi) is 6.24. The molecule has 7 nitrogen and oxygen atoms in total. The lowest BCUT2D eigenvalue weighted by atomic mass is 9.82. The molecule has 0 bridgehead atoms. The Bertz CT molecular complexity index is 1250. The lowest BCUT2D eigenvalue weighted by Crippen LogP contribution is -2.27. The molecule has 0 radical (unpaired) electrons. The van der Waals surface area contributed by atoms with Crippen LogP contribution in [0.25, 0.3) is 5.76 Å². The Balaban J connectivity index is 1.97. The molecule has 1 aliphatic heterocycles. The van der Waals surface area contributed by atoms with Crippen molar-refractivity contribution in [3.05, 3.63) is 82.9 Å². The monoisotopic (exact) mass is 459 g/mol. The number of rotatable bonds is 7. The maximum atomic E-state index is 10.6. The highest BCUT2D eigenvalue weighted by Gasteiger charge is 2.46. The lowest BCUT2D eigenvalue weighted by molar-refractivity contribution is 0.0995. The lowest BCUT2D eigenvalue weighted by Gasteiger charge is -2.32. The Morgan fingerprint density at radius 2 is 1.47 bits per heavy atom. The number of phenols is 1. The first-order valence-electron chi connectivity index (χ1n) is 10.6. The van der Waals surface area contributed by atoms with Crippen LogP contribution < -0.4 is 18.9 Å². The van der Waals surface area contributed by atoms with E-state index in [4.69, 9.17) is 23.7 Å². The highest BCUT2D eigenvalue weighted by atomic mass is 16.5. The van der Waals surface area contributed by atoms with E-state index in [0.29, 0.717) is 45.5 Å². The van der Waals surface area contributed by atoms with Gasteiger partial charge in [0.25, 0.3) is 0 Å². The first-order valence-corrected chi connectivity index (χ1v) is 10.6. The van der Waals surface area contributed by atoms with Crippen LogP contribution in [0.4, 0.5) is 0 Å². The molecule has 1 aliphatic rings. The Labute approximate surface area is 198 Å². The molecular formula is C27H25NO6. The van der Waals surface area contributed by atoms with Gasteiger partial charge in [-0.3, -0.25) is 0 Å². The van der Waals surface area contributed by atoms with Crippen LogP contribution in [-0.2, 0) is 10.3 Å². The molecule has 0 fully saturated rings. The summed E-state index contributed by atoms with van der Waals surface area (Å²) >= 11 is 0. The van der Waals surface area contributed by atoms with E-state index in [1.54, 1.807) is 24.3 Å². The maximum absolute atomic E-state index is 10.6. The van der Waals surface area contributed by atoms with Gasteiger partial charge in [-0.1, -0.05) is 36.4 Å². The van der Waals surface area contributed by atoms with Crippen molar-refractivity contribution in [2.24, 2.45) is 0 Å². The van der Waals surface area contributed by atoms with Gasteiger partial charge in [0.1, 0.15) is 5.76 Å². The fraction of sp³-hybridized carbons (Fsp3) is 0.222. The molecule has 1 atom stereocenters. The highest BCUT2D eigenvalue weighted by Crippen LogP contribution is 2.53. The van der Waals surface area contributed by atoms with Gasteiger partial charge in [0.05, 0.1) is 40.1 Å². The summed E-state index contributed by atoms with van der Waals surface area (Å²) in [5.74, 6) is 2.11. The van der Waals surface area contributed by atoms with Gasteiger partial charge in [-0.2, -0.15) is 5.26 Å². The van der Waals surface area contributed by atoms with Crippen LogP contribution in [0.1, 0.15) is 23.1 Å². The molecule has 0 spiro atoms. The number of benzene rings is 3. The van der Waals surface area contributed by atoms with Crippen molar-refractivity contribution in [2.75, 3.05) is 28.4 Å². The molecule has 0 aromatic heterocycles. The van der Waals surface area contributed by atoms with Gasteiger partial charge < -0.3 is 28.8 Å².